The smallest absolute Gasteiger partial charge is 0.270 e. The second-order valence-electron chi connectivity index (χ2n) is 3.19. The highest BCUT2D eigenvalue weighted by Crippen LogP contribution is 2.24. The number of carbonyl (C=O) groups excluding carboxylic acids is 1. The third kappa shape index (κ3) is 3.05. The molecule has 0 saturated carbocycles. The maximum Gasteiger partial charge on any atom is 0.270 e. The highest BCUT2D eigenvalue weighted by molar-refractivity contribution is 14.1. The Bertz CT molecular complexity index is 436. The number of nitrogens with one attached hydrogen (secondary N) is 1. The van der Waals surface area contributed by atoms with Gasteiger partial charge in [0.1, 0.15) is 6.04 Å². The van der Waals surface area contributed by atoms with Crippen LogP contribution in [0.15, 0.2) is 18.2 Å². The molecule has 0 aliphatic heterocycles. The van der Waals surface area contributed by atoms with Crippen molar-refractivity contribution in [2.75, 3.05) is 5.32 Å². The fraction of sp³-hybridized carbons (Fsp3) is 0.222. The zero-order valence-electron chi connectivity index (χ0n) is 8.44. The van der Waals surface area contributed by atoms with Crippen LogP contribution in [0.25, 0.3) is 0 Å². The normalized spacial score (nSPS) is 11.9. The van der Waals surface area contributed by atoms with Gasteiger partial charge in [-0.3, -0.25) is 14.9 Å². The molecule has 0 spiro atoms. The Morgan fingerprint density at radius 1 is 1.62 bits per heavy atom. The molecule has 1 aromatic carbocycles. The lowest BCUT2D eigenvalue weighted by Gasteiger charge is -2.12. The number of nitro benzene ring substituents is 1. The van der Waals surface area contributed by atoms with Crippen molar-refractivity contribution in [2.45, 2.75) is 13.0 Å². The summed E-state index contributed by atoms with van der Waals surface area (Å²) in [7, 11) is 0. The molecule has 0 heterocycles. The maximum absolute atomic E-state index is 10.8. The molecular formula is C9H10IN3O3. The van der Waals surface area contributed by atoms with Crippen LogP contribution in [0.4, 0.5) is 11.4 Å². The topological polar surface area (TPSA) is 98.3 Å². The Balaban J connectivity index is 2.91. The van der Waals surface area contributed by atoms with Crippen molar-refractivity contribution in [1.29, 1.82) is 0 Å². The fourth-order valence-electron chi connectivity index (χ4n) is 1.04. The summed E-state index contributed by atoms with van der Waals surface area (Å²) in [6, 6.07) is 3.84. The molecule has 0 fully saturated rings. The molecule has 1 aromatic rings. The van der Waals surface area contributed by atoms with Crippen molar-refractivity contribution in [1.82, 2.24) is 0 Å². The predicted molar refractivity (Wildman–Crippen MR) is 68.1 cm³/mol. The molecule has 86 valence electrons. The standard InChI is InChI=1S/C9H10IN3O3/c1-5(9(11)14)12-8-3-2-6(13(15)16)4-7(8)10/h2-5,12H,1H3,(H2,11,14). The summed E-state index contributed by atoms with van der Waals surface area (Å²) in [4.78, 5) is 20.9. The van der Waals surface area contributed by atoms with Gasteiger partial charge in [-0.05, 0) is 35.6 Å². The Kier molecular flexibility index (Phi) is 4.05. The summed E-state index contributed by atoms with van der Waals surface area (Å²) in [6.45, 7) is 1.62. The molecule has 1 rings (SSSR count). The van der Waals surface area contributed by atoms with E-state index >= 15 is 0 Å². The zero-order valence-corrected chi connectivity index (χ0v) is 10.6. The largest absolute Gasteiger partial charge is 0.373 e. The van der Waals surface area contributed by atoms with Gasteiger partial charge in [-0.15, -0.1) is 0 Å². The van der Waals surface area contributed by atoms with E-state index in [9.17, 15) is 14.9 Å². The molecule has 1 amide bonds. The SMILES string of the molecule is CC(Nc1ccc([N+](=O)[O-])cc1I)C(N)=O. The first kappa shape index (κ1) is 12.7. The van der Waals surface area contributed by atoms with Crippen LogP contribution in [-0.2, 0) is 4.79 Å². The Morgan fingerprint density at radius 2 is 2.25 bits per heavy atom. The number of non-ortho nitro benzene ring substituents is 1. The number of amides is 1. The number of nitrogens with zero attached hydrogens (tertiary/aromatic N) is 1. The van der Waals surface area contributed by atoms with Crippen molar-refractivity contribution >= 4 is 39.9 Å². The first-order valence-electron chi connectivity index (χ1n) is 4.41. The summed E-state index contributed by atoms with van der Waals surface area (Å²) >= 11 is 1.96. The molecule has 0 aromatic heterocycles. The van der Waals surface area contributed by atoms with Crippen LogP contribution in [-0.4, -0.2) is 16.9 Å². The van der Waals surface area contributed by atoms with E-state index in [1.165, 1.54) is 12.1 Å². The van der Waals surface area contributed by atoms with Gasteiger partial charge in [0.2, 0.25) is 5.91 Å². The van der Waals surface area contributed by atoms with Crippen LogP contribution in [0.1, 0.15) is 6.92 Å². The van der Waals surface area contributed by atoms with Gasteiger partial charge in [-0.25, -0.2) is 0 Å². The summed E-state index contributed by atoms with van der Waals surface area (Å²) in [5.41, 5.74) is 5.77. The summed E-state index contributed by atoms with van der Waals surface area (Å²) in [6.07, 6.45) is 0. The van der Waals surface area contributed by atoms with E-state index in [0.29, 0.717) is 9.26 Å². The molecule has 0 aliphatic rings. The Labute approximate surface area is 105 Å². The van der Waals surface area contributed by atoms with E-state index in [-0.39, 0.29) is 5.69 Å². The molecule has 3 N–H and O–H groups in total. The van der Waals surface area contributed by atoms with Crippen molar-refractivity contribution in [3.63, 3.8) is 0 Å². The quantitative estimate of drug-likeness (QED) is 0.495. The van der Waals surface area contributed by atoms with Gasteiger partial charge in [0.15, 0.2) is 0 Å². The summed E-state index contributed by atoms with van der Waals surface area (Å²) in [5.74, 6) is -0.478. The molecule has 0 saturated heterocycles. The van der Waals surface area contributed by atoms with Crippen molar-refractivity contribution in [3.05, 3.63) is 31.9 Å². The minimum Gasteiger partial charge on any atom is -0.373 e. The highest BCUT2D eigenvalue weighted by Gasteiger charge is 2.12. The minimum absolute atomic E-state index is 0.0154. The van der Waals surface area contributed by atoms with Crippen molar-refractivity contribution in [2.24, 2.45) is 5.73 Å². The first-order valence-corrected chi connectivity index (χ1v) is 5.49. The van der Waals surface area contributed by atoms with E-state index in [1.54, 1.807) is 13.0 Å². The zero-order chi connectivity index (χ0) is 12.3. The molecule has 6 nitrogen and oxygen atoms in total. The average molecular weight is 335 g/mol. The van der Waals surface area contributed by atoms with Crippen LogP contribution < -0.4 is 11.1 Å². The molecule has 1 unspecified atom stereocenters. The van der Waals surface area contributed by atoms with Gasteiger partial charge in [0.25, 0.3) is 5.69 Å². The number of nitrogens with two attached hydrogens (primary N) is 1. The molecule has 0 aliphatic carbocycles. The van der Waals surface area contributed by atoms with Crippen molar-refractivity contribution in [3.8, 4) is 0 Å². The van der Waals surface area contributed by atoms with Crippen molar-refractivity contribution < 1.29 is 9.72 Å². The van der Waals surface area contributed by atoms with Gasteiger partial charge in [-0.1, -0.05) is 0 Å². The van der Waals surface area contributed by atoms with Gasteiger partial charge < -0.3 is 11.1 Å². The van der Waals surface area contributed by atoms with Crippen LogP contribution in [0, 0.1) is 13.7 Å². The summed E-state index contributed by atoms with van der Waals surface area (Å²) in [5, 5.41) is 13.4. The van der Waals surface area contributed by atoms with E-state index in [2.05, 4.69) is 5.32 Å². The number of benzene rings is 1. The van der Waals surface area contributed by atoms with Crippen LogP contribution in [0.2, 0.25) is 0 Å². The first-order chi connectivity index (χ1) is 7.41. The molecule has 0 bridgehead atoms. The lowest BCUT2D eigenvalue weighted by molar-refractivity contribution is -0.384. The monoisotopic (exact) mass is 335 g/mol. The van der Waals surface area contributed by atoms with Crippen LogP contribution in [0.5, 0.6) is 0 Å². The number of nitro groups is 1. The number of halogens is 1. The highest BCUT2D eigenvalue weighted by atomic mass is 127. The fourth-order valence-corrected chi connectivity index (χ4v) is 1.69. The number of anilines is 1. The number of carbonyl (C=O) groups is 1. The maximum atomic E-state index is 10.8. The van der Waals surface area contributed by atoms with E-state index in [1.807, 2.05) is 22.6 Å². The molecule has 7 heteroatoms. The van der Waals surface area contributed by atoms with E-state index in [0.717, 1.165) is 0 Å². The average Bonchev–Trinajstić information content (AvgIpc) is 2.20. The van der Waals surface area contributed by atoms with Crippen LogP contribution in [0.3, 0.4) is 0 Å². The Morgan fingerprint density at radius 3 is 2.69 bits per heavy atom. The Hall–Kier alpha value is -1.38. The third-order valence-corrected chi connectivity index (χ3v) is 2.85. The van der Waals surface area contributed by atoms with Gasteiger partial charge in [0.05, 0.1) is 4.92 Å². The third-order valence-electron chi connectivity index (χ3n) is 1.96. The second kappa shape index (κ2) is 5.10. The van der Waals surface area contributed by atoms with E-state index in [4.69, 9.17) is 5.73 Å². The number of hydrogen-bond acceptors (Lipinski definition) is 4. The van der Waals surface area contributed by atoms with Crippen LogP contribution >= 0.6 is 22.6 Å². The second-order valence-corrected chi connectivity index (χ2v) is 4.35. The molecule has 1 atom stereocenters. The minimum atomic E-state index is -0.519. The number of primary amides is 1. The molecule has 16 heavy (non-hydrogen) atoms. The lowest BCUT2D eigenvalue weighted by atomic mass is 10.2. The molecular weight excluding hydrogens is 325 g/mol. The number of rotatable bonds is 4. The van der Waals surface area contributed by atoms with E-state index < -0.39 is 16.9 Å². The summed E-state index contributed by atoms with van der Waals surface area (Å²) < 4.78 is 0.667. The van der Waals surface area contributed by atoms with Gasteiger partial charge >= 0.3 is 0 Å². The lowest BCUT2D eigenvalue weighted by Crippen LogP contribution is -2.32. The van der Waals surface area contributed by atoms with Gasteiger partial charge in [0, 0.05) is 21.4 Å². The predicted octanol–water partition coefficient (Wildman–Crippen LogP) is 1.49. The van der Waals surface area contributed by atoms with Gasteiger partial charge in [-0.2, -0.15) is 0 Å². The molecule has 0 radical (unpaired) electrons. The number of hydrogen-bond donors (Lipinski definition) is 2.